The zero-order chi connectivity index (χ0) is 9.26. The Morgan fingerprint density at radius 2 is 2.38 bits per heavy atom. The second-order valence-electron chi connectivity index (χ2n) is 3.32. The number of halogens is 1. The maximum atomic E-state index is 8.85. The highest BCUT2D eigenvalue weighted by molar-refractivity contribution is 6.30. The van der Waals surface area contributed by atoms with Crippen molar-refractivity contribution in [1.29, 1.82) is 0 Å². The van der Waals surface area contributed by atoms with E-state index in [2.05, 4.69) is 5.32 Å². The molecule has 1 heterocycles. The second-order valence-corrected chi connectivity index (χ2v) is 3.76. The summed E-state index contributed by atoms with van der Waals surface area (Å²) < 4.78 is 0. The molecule has 2 rings (SSSR count). The van der Waals surface area contributed by atoms with Crippen LogP contribution in [0.5, 0.6) is 0 Å². The molecule has 0 spiro atoms. The van der Waals surface area contributed by atoms with Crippen LogP contribution in [0.1, 0.15) is 17.9 Å². The summed E-state index contributed by atoms with van der Waals surface area (Å²) in [5.74, 6) is 0.442. The number of aliphatic hydroxyl groups is 1. The van der Waals surface area contributed by atoms with Crippen LogP contribution in [0.2, 0.25) is 5.02 Å². The summed E-state index contributed by atoms with van der Waals surface area (Å²) in [6, 6.07) is 5.88. The molecule has 1 aromatic rings. The Morgan fingerprint density at radius 1 is 1.54 bits per heavy atom. The third-order valence-corrected chi connectivity index (χ3v) is 2.71. The molecule has 0 amide bonds. The van der Waals surface area contributed by atoms with Gasteiger partial charge in [0.2, 0.25) is 0 Å². The van der Waals surface area contributed by atoms with Gasteiger partial charge in [0, 0.05) is 29.8 Å². The largest absolute Gasteiger partial charge is 0.396 e. The fourth-order valence-corrected chi connectivity index (χ4v) is 1.97. The van der Waals surface area contributed by atoms with E-state index in [1.165, 1.54) is 5.56 Å². The molecule has 13 heavy (non-hydrogen) atoms. The lowest BCUT2D eigenvalue weighted by atomic mass is 9.98. The Balaban J connectivity index is 2.27. The molecule has 0 radical (unpaired) electrons. The van der Waals surface area contributed by atoms with Crippen LogP contribution in [0.15, 0.2) is 18.2 Å². The molecule has 1 unspecified atom stereocenters. The van der Waals surface area contributed by atoms with Crippen LogP contribution >= 0.6 is 11.6 Å². The molecule has 0 saturated heterocycles. The number of hydrogen-bond acceptors (Lipinski definition) is 2. The lowest BCUT2D eigenvalue weighted by Crippen LogP contribution is -2.03. The summed E-state index contributed by atoms with van der Waals surface area (Å²) in [5.41, 5.74) is 2.39. The molecular formula is C10H12ClNO. The van der Waals surface area contributed by atoms with Crippen LogP contribution in [0, 0.1) is 0 Å². The van der Waals surface area contributed by atoms with Crippen molar-refractivity contribution in [2.45, 2.75) is 12.3 Å². The number of hydrogen-bond donors (Lipinski definition) is 2. The molecule has 2 N–H and O–H groups in total. The number of rotatable bonds is 2. The number of aliphatic hydroxyl groups excluding tert-OH is 1. The van der Waals surface area contributed by atoms with Gasteiger partial charge < -0.3 is 10.4 Å². The zero-order valence-electron chi connectivity index (χ0n) is 7.26. The average molecular weight is 198 g/mol. The Bertz CT molecular complexity index is 314. The van der Waals surface area contributed by atoms with Gasteiger partial charge in [0.25, 0.3) is 0 Å². The van der Waals surface area contributed by atoms with Gasteiger partial charge in [-0.25, -0.2) is 0 Å². The van der Waals surface area contributed by atoms with Gasteiger partial charge >= 0.3 is 0 Å². The van der Waals surface area contributed by atoms with Crippen LogP contribution in [0.25, 0.3) is 0 Å². The van der Waals surface area contributed by atoms with Crippen LogP contribution < -0.4 is 5.32 Å². The first-order valence-corrected chi connectivity index (χ1v) is 4.83. The summed E-state index contributed by atoms with van der Waals surface area (Å²) in [5, 5.41) is 12.9. The minimum Gasteiger partial charge on any atom is -0.396 e. The summed E-state index contributed by atoms with van der Waals surface area (Å²) >= 11 is 5.86. The molecule has 2 nitrogen and oxygen atoms in total. The fourth-order valence-electron chi connectivity index (χ4n) is 1.79. The standard InChI is InChI=1S/C10H12ClNO/c11-8-1-2-9-7(3-4-13)6-12-10(9)5-8/h1-2,5,7,12-13H,3-4,6H2. The maximum absolute atomic E-state index is 8.85. The van der Waals surface area contributed by atoms with Crippen molar-refractivity contribution in [3.8, 4) is 0 Å². The number of nitrogens with one attached hydrogen (secondary N) is 1. The number of benzene rings is 1. The molecule has 3 heteroatoms. The molecule has 0 aromatic heterocycles. The predicted molar refractivity (Wildman–Crippen MR) is 54.4 cm³/mol. The minimum absolute atomic E-state index is 0.244. The molecule has 70 valence electrons. The second kappa shape index (κ2) is 3.56. The molecule has 0 bridgehead atoms. The van der Waals surface area contributed by atoms with Crippen molar-refractivity contribution >= 4 is 17.3 Å². The van der Waals surface area contributed by atoms with Crippen molar-refractivity contribution in [2.24, 2.45) is 0 Å². The highest BCUT2D eigenvalue weighted by atomic mass is 35.5. The minimum atomic E-state index is 0.244. The maximum Gasteiger partial charge on any atom is 0.0437 e. The zero-order valence-corrected chi connectivity index (χ0v) is 8.01. The smallest absolute Gasteiger partial charge is 0.0437 e. The van der Waals surface area contributed by atoms with Crippen molar-refractivity contribution < 1.29 is 5.11 Å². The topological polar surface area (TPSA) is 32.3 Å². The van der Waals surface area contributed by atoms with Gasteiger partial charge in [0.05, 0.1) is 0 Å². The SMILES string of the molecule is OCCC1CNc2cc(Cl)ccc21. The van der Waals surface area contributed by atoms with Gasteiger partial charge in [-0.05, 0) is 24.1 Å². The molecule has 0 saturated carbocycles. The van der Waals surface area contributed by atoms with Crippen molar-refractivity contribution in [3.05, 3.63) is 28.8 Å². The summed E-state index contributed by atoms with van der Waals surface area (Å²) in [6.45, 7) is 1.16. The van der Waals surface area contributed by atoms with Crippen LogP contribution in [0.3, 0.4) is 0 Å². The normalized spacial score (nSPS) is 19.7. The Hall–Kier alpha value is -0.730. The van der Waals surface area contributed by atoms with Crippen molar-refractivity contribution in [3.63, 3.8) is 0 Å². The number of fused-ring (bicyclic) bond motifs is 1. The lowest BCUT2D eigenvalue weighted by Gasteiger charge is -2.06. The molecule has 0 aliphatic carbocycles. The molecule has 1 aliphatic heterocycles. The van der Waals surface area contributed by atoms with Crippen molar-refractivity contribution in [1.82, 2.24) is 0 Å². The Labute approximate surface area is 82.5 Å². The van der Waals surface area contributed by atoms with E-state index < -0.39 is 0 Å². The van der Waals surface area contributed by atoms with E-state index in [-0.39, 0.29) is 6.61 Å². The summed E-state index contributed by atoms with van der Waals surface area (Å²) in [6.07, 6.45) is 0.821. The number of anilines is 1. The lowest BCUT2D eigenvalue weighted by molar-refractivity contribution is 0.278. The third kappa shape index (κ3) is 1.64. The van der Waals surface area contributed by atoms with Crippen LogP contribution in [0.4, 0.5) is 5.69 Å². The molecule has 1 aromatic carbocycles. The van der Waals surface area contributed by atoms with E-state index in [1.807, 2.05) is 18.2 Å². The first kappa shape index (κ1) is 8.85. The highest BCUT2D eigenvalue weighted by Gasteiger charge is 2.21. The van der Waals surface area contributed by atoms with E-state index in [0.717, 1.165) is 23.7 Å². The summed E-state index contributed by atoms with van der Waals surface area (Å²) in [7, 11) is 0. The van der Waals surface area contributed by atoms with Gasteiger partial charge in [-0.1, -0.05) is 17.7 Å². The van der Waals surface area contributed by atoms with Gasteiger partial charge in [0.1, 0.15) is 0 Å². The first-order valence-electron chi connectivity index (χ1n) is 4.45. The quantitative estimate of drug-likeness (QED) is 0.762. The highest BCUT2D eigenvalue weighted by Crippen LogP contribution is 2.34. The predicted octanol–water partition coefficient (Wildman–Crippen LogP) is 2.23. The fraction of sp³-hybridized carbons (Fsp3) is 0.400. The molecule has 1 aliphatic rings. The van der Waals surface area contributed by atoms with Gasteiger partial charge in [0.15, 0.2) is 0 Å². The Kier molecular flexibility index (Phi) is 2.42. The summed E-state index contributed by atoms with van der Waals surface area (Å²) in [4.78, 5) is 0. The van der Waals surface area contributed by atoms with E-state index in [9.17, 15) is 0 Å². The van der Waals surface area contributed by atoms with E-state index in [1.54, 1.807) is 0 Å². The Morgan fingerprint density at radius 3 is 3.15 bits per heavy atom. The van der Waals surface area contributed by atoms with E-state index in [4.69, 9.17) is 16.7 Å². The van der Waals surface area contributed by atoms with Crippen LogP contribution in [-0.4, -0.2) is 18.3 Å². The monoisotopic (exact) mass is 197 g/mol. The first-order chi connectivity index (χ1) is 6.31. The van der Waals surface area contributed by atoms with Gasteiger partial charge in [-0.3, -0.25) is 0 Å². The average Bonchev–Trinajstić information content (AvgIpc) is 2.49. The third-order valence-electron chi connectivity index (χ3n) is 2.47. The molecule has 1 atom stereocenters. The van der Waals surface area contributed by atoms with Gasteiger partial charge in [-0.2, -0.15) is 0 Å². The van der Waals surface area contributed by atoms with Crippen molar-refractivity contribution in [2.75, 3.05) is 18.5 Å². The van der Waals surface area contributed by atoms with E-state index >= 15 is 0 Å². The molecular weight excluding hydrogens is 186 g/mol. The molecule has 0 fully saturated rings. The van der Waals surface area contributed by atoms with Gasteiger partial charge in [-0.15, -0.1) is 0 Å². The van der Waals surface area contributed by atoms with Crippen LogP contribution in [-0.2, 0) is 0 Å². The van der Waals surface area contributed by atoms with E-state index in [0.29, 0.717) is 5.92 Å².